The smallest absolute Gasteiger partial charge is 0.350 e. The number of hydrogen-bond acceptors (Lipinski definition) is 7. The van der Waals surface area contributed by atoms with Crippen LogP contribution in [0.5, 0.6) is 0 Å². The summed E-state index contributed by atoms with van der Waals surface area (Å²) in [6, 6.07) is 15.2. The van der Waals surface area contributed by atoms with Gasteiger partial charge in [0.1, 0.15) is 27.9 Å². The number of aromatic nitrogens is 3. The van der Waals surface area contributed by atoms with Gasteiger partial charge in [-0.25, -0.2) is 14.8 Å². The molecule has 0 bridgehead atoms. The second-order valence-electron chi connectivity index (χ2n) is 6.11. The van der Waals surface area contributed by atoms with Gasteiger partial charge >= 0.3 is 5.97 Å². The van der Waals surface area contributed by atoms with Crippen LogP contribution < -0.4 is 0 Å². The Labute approximate surface area is 165 Å². The van der Waals surface area contributed by atoms with Crippen LogP contribution in [0, 0.1) is 13.8 Å². The third kappa shape index (κ3) is 3.70. The number of thiazole rings is 1. The van der Waals surface area contributed by atoms with E-state index in [1.165, 1.54) is 11.3 Å². The first-order valence-corrected chi connectivity index (χ1v) is 9.51. The van der Waals surface area contributed by atoms with Crippen LogP contribution in [0.25, 0.3) is 22.2 Å². The van der Waals surface area contributed by atoms with Crippen LogP contribution in [0.3, 0.4) is 0 Å². The Morgan fingerprint density at radius 2 is 1.86 bits per heavy atom. The number of carbonyl (C=O) groups is 1. The van der Waals surface area contributed by atoms with Crippen LogP contribution in [0.2, 0.25) is 0 Å². The maximum atomic E-state index is 12.5. The molecule has 4 rings (SSSR count). The van der Waals surface area contributed by atoms with Gasteiger partial charge in [0.25, 0.3) is 0 Å². The fraction of sp³-hybridized carbons (Fsp3) is 0.143. The molecule has 0 atom stereocenters. The summed E-state index contributed by atoms with van der Waals surface area (Å²) in [6.07, 6.45) is 1.70. The summed E-state index contributed by atoms with van der Waals surface area (Å²) >= 11 is 1.27. The fourth-order valence-corrected chi connectivity index (χ4v) is 3.59. The van der Waals surface area contributed by atoms with Crippen molar-refractivity contribution < 1.29 is 13.9 Å². The van der Waals surface area contributed by atoms with Crippen molar-refractivity contribution in [2.24, 2.45) is 0 Å². The lowest BCUT2D eigenvalue weighted by Crippen LogP contribution is -2.05. The fourth-order valence-electron chi connectivity index (χ4n) is 2.65. The number of hydrogen-bond donors (Lipinski definition) is 0. The Bertz CT molecular complexity index is 1100. The van der Waals surface area contributed by atoms with Gasteiger partial charge in [0.05, 0.1) is 11.4 Å². The normalized spacial score (nSPS) is 10.8. The number of pyridine rings is 1. The highest BCUT2D eigenvalue weighted by molar-refractivity contribution is 7.17. The van der Waals surface area contributed by atoms with E-state index in [4.69, 9.17) is 9.15 Å². The van der Waals surface area contributed by atoms with E-state index >= 15 is 0 Å². The van der Waals surface area contributed by atoms with Crippen molar-refractivity contribution >= 4 is 17.3 Å². The van der Waals surface area contributed by atoms with Gasteiger partial charge in [0.15, 0.2) is 0 Å². The van der Waals surface area contributed by atoms with E-state index < -0.39 is 5.97 Å². The molecule has 140 valence electrons. The largest absolute Gasteiger partial charge is 0.455 e. The number of carbonyl (C=O) groups excluding carboxylic acids is 1. The number of aryl methyl sites for hydroxylation is 2. The molecule has 0 spiro atoms. The number of esters is 1. The minimum Gasteiger partial charge on any atom is -0.455 e. The Hall–Kier alpha value is -3.32. The maximum Gasteiger partial charge on any atom is 0.350 e. The molecule has 0 unspecified atom stereocenters. The van der Waals surface area contributed by atoms with Crippen LogP contribution in [0.15, 0.2) is 59.1 Å². The Morgan fingerprint density at radius 3 is 2.61 bits per heavy atom. The molecule has 1 aromatic carbocycles. The molecule has 0 N–H and O–H groups in total. The van der Waals surface area contributed by atoms with Gasteiger partial charge in [-0.1, -0.05) is 24.3 Å². The Balaban J connectivity index is 1.48. The summed E-state index contributed by atoms with van der Waals surface area (Å²) in [4.78, 5) is 26.2. The molecule has 0 amide bonds. The van der Waals surface area contributed by atoms with Gasteiger partial charge in [-0.2, -0.15) is 0 Å². The molecular formula is C21H17N3O3S. The van der Waals surface area contributed by atoms with Crippen LogP contribution in [-0.2, 0) is 11.3 Å². The molecule has 3 aromatic heterocycles. The van der Waals surface area contributed by atoms with Crippen molar-refractivity contribution in [3.05, 3.63) is 76.8 Å². The first-order chi connectivity index (χ1) is 13.6. The third-order valence-electron chi connectivity index (χ3n) is 4.12. The van der Waals surface area contributed by atoms with Gasteiger partial charge in [-0.3, -0.25) is 4.98 Å². The van der Waals surface area contributed by atoms with Gasteiger partial charge in [0.2, 0.25) is 5.89 Å². The first-order valence-electron chi connectivity index (χ1n) is 8.69. The van der Waals surface area contributed by atoms with Crippen molar-refractivity contribution in [2.45, 2.75) is 20.5 Å². The summed E-state index contributed by atoms with van der Waals surface area (Å²) in [6.45, 7) is 3.63. The number of benzene rings is 1. The highest BCUT2D eigenvalue weighted by Gasteiger charge is 2.20. The number of nitrogens with zero attached hydrogens (tertiary/aromatic N) is 3. The van der Waals surface area contributed by atoms with Crippen LogP contribution in [-0.4, -0.2) is 20.9 Å². The van der Waals surface area contributed by atoms with Gasteiger partial charge < -0.3 is 9.15 Å². The molecular weight excluding hydrogens is 374 g/mol. The van der Waals surface area contributed by atoms with Crippen molar-refractivity contribution in [2.75, 3.05) is 0 Å². The zero-order chi connectivity index (χ0) is 19.5. The summed E-state index contributed by atoms with van der Waals surface area (Å²) in [5, 5.41) is 0.689. The SMILES string of the molecule is Cc1nc(-c2ccccn2)sc1C(=O)OCc1nc(-c2ccccc2)oc1C. The number of ether oxygens (including phenoxy) is 1. The lowest BCUT2D eigenvalue weighted by atomic mass is 10.2. The Kier molecular flexibility index (Phi) is 4.99. The van der Waals surface area contributed by atoms with Crippen LogP contribution in [0.1, 0.15) is 26.8 Å². The highest BCUT2D eigenvalue weighted by atomic mass is 32.1. The first kappa shape index (κ1) is 18.1. The molecule has 3 heterocycles. The summed E-state index contributed by atoms with van der Waals surface area (Å²) in [5.74, 6) is 0.707. The molecule has 4 aromatic rings. The number of rotatable bonds is 5. The predicted octanol–water partition coefficient (Wildman–Crippen LogP) is 4.83. The van der Waals surface area contributed by atoms with E-state index in [9.17, 15) is 4.79 Å². The van der Waals surface area contributed by atoms with E-state index in [-0.39, 0.29) is 6.61 Å². The van der Waals surface area contributed by atoms with Crippen LogP contribution in [0.4, 0.5) is 0 Å². The molecule has 0 saturated carbocycles. The lowest BCUT2D eigenvalue weighted by Gasteiger charge is -2.01. The quantitative estimate of drug-likeness (QED) is 0.453. The molecule has 28 heavy (non-hydrogen) atoms. The van der Waals surface area contributed by atoms with E-state index in [0.717, 1.165) is 11.3 Å². The average molecular weight is 391 g/mol. The zero-order valence-corrected chi connectivity index (χ0v) is 16.2. The molecule has 6 nitrogen and oxygen atoms in total. The van der Waals surface area contributed by atoms with E-state index in [1.54, 1.807) is 20.0 Å². The molecule has 0 aliphatic rings. The average Bonchev–Trinajstić information content (AvgIpc) is 3.30. The molecule has 0 aliphatic heterocycles. The standard InChI is InChI=1S/C21H17N3O3S/c1-13-18(28-20(23-13)16-10-6-7-11-22-16)21(25)26-12-17-14(2)27-19(24-17)15-8-4-3-5-9-15/h3-11H,12H2,1-2H3. The van der Waals surface area contributed by atoms with Gasteiger partial charge in [0, 0.05) is 11.8 Å². The second-order valence-corrected chi connectivity index (χ2v) is 7.11. The minimum absolute atomic E-state index is 0.0389. The van der Waals surface area contributed by atoms with E-state index in [1.807, 2.05) is 48.5 Å². The van der Waals surface area contributed by atoms with Crippen molar-refractivity contribution in [3.8, 4) is 22.2 Å². The Morgan fingerprint density at radius 1 is 1.07 bits per heavy atom. The third-order valence-corrected chi connectivity index (χ3v) is 5.28. The minimum atomic E-state index is -0.430. The van der Waals surface area contributed by atoms with Crippen molar-refractivity contribution in [1.82, 2.24) is 15.0 Å². The topological polar surface area (TPSA) is 78.1 Å². The van der Waals surface area contributed by atoms with E-state index in [0.29, 0.717) is 32.9 Å². The summed E-state index contributed by atoms with van der Waals surface area (Å²) < 4.78 is 11.2. The van der Waals surface area contributed by atoms with Gasteiger partial charge in [-0.15, -0.1) is 11.3 Å². The van der Waals surface area contributed by atoms with E-state index in [2.05, 4.69) is 15.0 Å². The molecule has 0 fully saturated rings. The summed E-state index contributed by atoms with van der Waals surface area (Å²) in [7, 11) is 0. The molecule has 0 aliphatic carbocycles. The van der Waals surface area contributed by atoms with Crippen molar-refractivity contribution in [3.63, 3.8) is 0 Å². The molecule has 7 heteroatoms. The zero-order valence-electron chi connectivity index (χ0n) is 15.4. The monoisotopic (exact) mass is 391 g/mol. The second kappa shape index (κ2) is 7.74. The molecule has 0 radical (unpaired) electrons. The van der Waals surface area contributed by atoms with Gasteiger partial charge in [-0.05, 0) is 38.1 Å². The number of oxazole rings is 1. The predicted molar refractivity (Wildman–Crippen MR) is 106 cm³/mol. The van der Waals surface area contributed by atoms with Crippen LogP contribution >= 0.6 is 11.3 Å². The maximum absolute atomic E-state index is 12.5. The summed E-state index contributed by atoms with van der Waals surface area (Å²) in [5.41, 5.74) is 2.83. The molecule has 0 saturated heterocycles. The van der Waals surface area contributed by atoms with Crippen molar-refractivity contribution in [1.29, 1.82) is 0 Å². The lowest BCUT2D eigenvalue weighted by molar-refractivity contribution is 0.0471. The highest BCUT2D eigenvalue weighted by Crippen LogP contribution is 2.27.